The molecule has 0 saturated carbocycles. The van der Waals surface area contributed by atoms with E-state index in [0.717, 1.165) is 64.2 Å². The summed E-state index contributed by atoms with van der Waals surface area (Å²) in [5, 5.41) is 23.4. The number of carbonyl (C=O) groups excluding carboxylic acids is 5. The third-order valence-electron chi connectivity index (χ3n) is 10.0. The van der Waals surface area contributed by atoms with Crippen LogP contribution in [-0.4, -0.2) is 117 Å². The molecule has 0 bridgehead atoms. The van der Waals surface area contributed by atoms with Gasteiger partial charge in [0.1, 0.15) is 25.0 Å². The van der Waals surface area contributed by atoms with Crippen LogP contribution in [0.1, 0.15) is 167 Å². The summed E-state index contributed by atoms with van der Waals surface area (Å²) in [6.45, 7) is 3.60. The Kier molecular flexibility index (Phi) is 38.5. The van der Waals surface area contributed by atoms with E-state index in [2.05, 4.69) is 10.6 Å². The lowest BCUT2D eigenvalue weighted by atomic mass is 10.0. The number of unbranched alkanes of at least 4 members (excludes halogenated alkanes) is 15. The number of Topliss-reactive ketones (excluding diaryl/α,β-unsaturated/α-hetero) is 2. The van der Waals surface area contributed by atoms with Crippen LogP contribution >= 0.6 is 0 Å². The Bertz CT molecular complexity index is 1170. The summed E-state index contributed by atoms with van der Waals surface area (Å²) < 4.78 is 21.5. The van der Waals surface area contributed by atoms with Gasteiger partial charge in [-0.1, -0.05) is 96.8 Å². The van der Waals surface area contributed by atoms with Crippen molar-refractivity contribution in [1.82, 2.24) is 10.6 Å². The summed E-state index contributed by atoms with van der Waals surface area (Å²) in [4.78, 5) is 81.6. The topological polar surface area (TPSA) is 247 Å². The molecule has 0 aliphatic carbocycles. The molecule has 0 rings (SSSR count). The molecule has 0 aliphatic rings. The van der Waals surface area contributed by atoms with Crippen LogP contribution in [-0.2, 0) is 52.5 Å². The van der Waals surface area contributed by atoms with Crippen LogP contribution in [0.15, 0.2) is 0 Å². The number of carboxylic acid groups (broad SMARTS) is 2. The molecule has 0 aliphatic heterocycles. The van der Waals surface area contributed by atoms with Crippen LogP contribution < -0.4 is 16.4 Å². The Labute approximate surface area is 358 Å². The smallest absolute Gasteiger partial charge is 0.326 e. The fourth-order valence-corrected chi connectivity index (χ4v) is 6.28. The molecular formula is C44H79N3O13. The zero-order valence-corrected chi connectivity index (χ0v) is 36.7. The number of ketones is 2. The lowest BCUT2D eigenvalue weighted by molar-refractivity contribution is -0.142. The van der Waals surface area contributed by atoms with Gasteiger partial charge in [0.15, 0.2) is 5.78 Å². The molecule has 16 heteroatoms. The van der Waals surface area contributed by atoms with Gasteiger partial charge in [-0.2, -0.15) is 0 Å². The van der Waals surface area contributed by atoms with Gasteiger partial charge in [-0.3, -0.25) is 28.8 Å². The highest BCUT2D eigenvalue weighted by Gasteiger charge is 2.21. The van der Waals surface area contributed by atoms with E-state index in [-0.39, 0.29) is 107 Å². The first kappa shape index (κ1) is 56.5. The third kappa shape index (κ3) is 40.0. The van der Waals surface area contributed by atoms with Crippen LogP contribution in [0, 0.1) is 5.92 Å². The zero-order valence-electron chi connectivity index (χ0n) is 36.7. The van der Waals surface area contributed by atoms with Gasteiger partial charge in [0.25, 0.3) is 0 Å². The Morgan fingerprint density at radius 3 is 1.53 bits per heavy atom. The monoisotopic (exact) mass is 858 g/mol. The number of aliphatic carboxylic acids is 2. The highest BCUT2D eigenvalue weighted by atomic mass is 16.5. The second kappa shape index (κ2) is 40.9. The number of nitrogens with two attached hydrogens (primary N) is 1. The molecule has 6 N–H and O–H groups in total. The fourth-order valence-electron chi connectivity index (χ4n) is 6.28. The highest BCUT2D eigenvalue weighted by Crippen LogP contribution is 2.14. The van der Waals surface area contributed by atoms with Crippen LogP contribution in [0.2, 0.25) is 0 Å². The van der Waals surface area contributed by atoms with Gasteiger partial charge in [0.2, 0.25) is 17.7 Å². The minimum Gasteiger partial charge on any atom is -0.481 e. The average Bonchev–Trinajstić information content (AvgIpc) is 3.20. The standard InChI is InChI=1S/C44H79N3O13/c1-36(43(45)54)20-15-14-16-21-38(49)34-59-32-31-58-29-27-46-41(51)35-60-33-30-57-28-19-22-37(48)25-26-39(44(55)56)47-40(50)23-17-12-10-8-6-4-2-3-5-7-9-11-13-18-24-42(52)53/h36,39H,2-35H2,1H3,(H2,45,54)(H,46,51)(H,47,50)(H,52,53)(H,55,56)/t36-,39-/m0/s1. The molecule has 60 heavy (non-hydrogen) atoms. The van der Waals surface area contributed by atoms with Crippen molar-refractivity contribution in [2.24, 2.45) is 11.7 Å². The van der Waals surface area contributed by atoms with Gasteiger partial charge < -0.3 is 45.5 Å². The largest absolute Gasteiger partial charge is 0.481 e. The zero-order chi connectivity index (χ0) is 44.5. The molecule has 0 aromatic rings. The number of carboxylic acids is 2. The van der Waals surface area contributed by atoms with E-state index in [9.17, 15) is 38.7 Å². The van der Waals surface area contributed by atoms with Crippen molar-refractivity contribution in [3.63, 3.8) is 0 Å². The van der Waals surface area contributed by atoms with Crippen molar-refractivity contribution >= 4 is 41.2 Å². The van der Waals surface area contributed by atoms with Crippen molar-refractivity contribution in [2.45, 2.75) is 173 Å². The van der Waals surface area contributed by atoms with E-state index >= 15 is 0 Å². The van der Waals surface area contributed by atoms with Crippen LogP contribution in [0.25, 0.3) is 0 Å². The molecule has 0 unspecified atom stereocenters. The molecule has 0 aromatic carbocycles. The van der Waals surface area contributed by atoms with Crippen LogP contribution in [0.4, 0.5) is 0 Å². The molecule has 3 amide bonds. The van der Waals surface area contributed by atoms with Crippen molar-refractivity contribution in [1.29, 1.82) is 0 Å². The Morgan fingerprint density at radius 1 is 0.483 bits per heavy atom. The van der Waals surface area contributed by atoms with Crippen LogP contribution in [0.3, 0.4) is 0 Å². The molecule has 0 fully saturated rings. The minimum absolute atomic E-state index is 0.0205. The van der Waals surface area contributed by atoms with Gasteiger partial charge in [-0.25, -0.2) is 4.79 Å². The summed E-state index contributed by atoms with van der Waals surface area (Å²) in [7, 11) is 0. The number of carbonyl (C=O) groups is 7. The van der Waals surface area contributed by atoms with Gasteiger partial charge in [0, 0.05) is 51.2 Å². The minimum atomic E-state index is -1.15. The summed E-state index contributed by atoms with van der Waals surface area (Å²) in [5.41, 5.74) is 5.24. The number of hydrogen-bond acceptors (Lipinski definition) is 11. The Hall–Kier alpha value is -3.47. The summed E-state index contributed by atoms with van der Waals surface area (Å²) >= 11 is 0. The Balaban J connectivity index is 3.65. The number of amides is 3. The fraction of sp³-hybridized carbons (Fsp3) is 0.841. The molecule has 16 nitrogen and oxygen atoms in total. The highest BCUT2D eigenvalue weighted by molar-refractivity contribution is 5.84. The number of hydrogen-bond donors (Lipinski definition) is 5. The predicted octanol–water partition coefficient (Wildman–Crippen LogP) is 5.84. The van der Waals surface area contributed by atoms with Gasteiger partial charge >= 0.3 is 11.9 Å². The second-order valence-corrected chi connectivity index (χ2v) is 15.6. The van der Waals surface area contributed by atoms with Gasteiger partial charge in [-0.15, -0.1) is 0 Å². The summed E-state index contributed by atoms with van der Waals surface area (Å²) in [5.74, 6) is -3.00. The first-order valence-corrected chi connectivity index (χ1v) is 22.6. The number of ether oxygens (including phenoxy) is 4. The van der Waals surface area contributed by atoms with Crippen molar-refractivity contribution < 1.29 is 62.7 Å². The average molecular weight is 858 g/mol. The van der Waals surface area contributed by atoms with E-state index in [4.69, 9.17) is 29.8 Å². The molecule has 0 radical (unpaired) electrons. The normalized spacial score (nSPS) is 12.2. The van der Waals surface area contributed by atoms with Crippen molar-refractivity contribution in [3.8, 4) is 0 Å². The molecular weight excluding hydrogens is 778 g/mol. The Morgan fingerprint density at radius 2 is 0.967 bits per heavy atom. The second-order valence-electron chi connectivity index (χ2n) is 15.6. The predicted molar refractivity (Wildman–Crippen MR) is 227 cm³/mol. The van der Waals surface area contributed by atoms with E-state index in [1.54, 1.807) is 6.92 Å². The molecule has 0 spiro atoms. The molecule has 0 saturated heterocycles. The van der Waals surface area contributed by atoms with Crippen molar-refractivity contribution in [2.75, 3.05) is 59.4 Å². The summed E-state index contributed by atoms with van der Waals surface area (Å²) in [6.07, 6.45) is 20.1. The SMILES string of the molecule is C[C@@H](CCCCCC(=O)COCCOCCNC(=O)COCCOCCCC(=O)CC[C@H](NC(=O)CCCCCCCCCCCCCCCCC(=O)O)C(=O)O)C(N)=O. The molecule has 348 valence electrons. The maximum absolute atomic E-state index is 12.3. The number of primary amides is 1. The number of nitrogens with one attached hydrogen (secondary N) is 2. The number of rotatable bonds is 46. The van der Waals surface area contributed by atoms with Crippen molar-refractivity contribution in [3.05, 3.63) is 0 Å². The third-order valence-corrected chi connectivity index (χ3v) is 10.0. The van der Waals surface area contributed by atoms with Crippen LogP contribution in [0.5, 0.6) is 0 Å². The lowest BCUT2D eigenvalue weighted by Crippen LogP contribution is -2.41. The van der Waals surface area contributed by atoms with E-state index in [0.29, 0.717) is 39.0 Å². The van der Waals surface area contributed by atoms with E-state index in [1.807, 2.05) is 0 Å². The van der Waals surface area contributed by atoms with E-state index < -0.39 is 18.0 Å². The maximum atomic E-state index is 12.3. The maximum Gasteiger partial charge on any atom is 0.326 e. The quantitative estimate of drug-likeness (QED) is 0.0453. The lowest BCUT2D eigenvalue weighted by Gasteiger charge is -2.14. The van der Waals surface area contributed by atoms with E-state index in [1.165, 1.54) is 44.9 Å². The molecule has 0 aromatic heterocycles. The summed E-state index contributed by atoms with van der Waals surface area (Å²) in [6, 6.07) is -1.10. The first-order chi connectivity index (χ1) is 28.9. The molecule has 2 atom stereocenters. The molecule has 0 heterocycles. The van der Waals surface area contributed by atoms with Gasteiger partial charge in [0.05, 0.1) is 33.0 Å². The van der Waals surface area contributed by atoms with Gasteiger partial charge in [-0.05, 0) is 38.5 Å². The first-order valence-electron chi connectivity index (χ1n) is 22.6.